The Morgan fingerprint density at radius 1 is 1.20 bits per heavy atom. The van der Waals surface area contributed by atoms with Gasteiger partial charge >= 0.3 is 0 Å². The summed E-state index contributed by atoms with van der Waals surface area (Å²) in [4.78, 5) is 26.4. The van der Waals surface area contributed by atoms with E-state index in [0.29, 0.717) is 30.8 Å². The molecule has 0 radical (unpaired) electrons. The van der Waals surface area contributed by atoms with Gasteiger partial charge in [-0.05, 0) is 65.1 Å². The molecule has 0 aliphatic carbocycles. The van der Waals surface area contributed by atoms with E-state index in [1.807, 2.05) is 48.2 Å². The number of aryl methyl sites for hydroxylation is 1. The van der Waals surface area contributed by atoms with Crippen LogP contribution in [0.5, 0.6) is 0 Å². The molecular formula is C22H24N6O2. The van der Waals surface area contributed by atoms with Crippen LogP contribution in [0, 0.1) is 6.92 Å². The zero-order chi connectivity index (χ0) is 20.9. The maximum atomic E-state index is 12.8. The Morgan fingerprint density at radius 3 is 2.80 bits per heavy atom. The van der Waals surface area contributed by atoms with Crippen LogP contribution < -0.4 is 5.32 Å². The first-order chi connectivity index (χ1) is 14.6. The molecule has 1 N–H and O–H groups in total. The maximum Gasteiger partial charge on any atom is 0.251 e. The standard InChI is InChI=1S/C22H24N6O2/c1-16-6-2-3-7-20(16)17-12-18(14-19(13-17)28-15-24-25-26-28)22(30)23-9-5-11-27-10-4-8-21(27)29/h2-3,6-7,12-15H,4-5,8-11H2,1H3,(H,23,30). The summed E-state index contributed by atoms with van der Waals surface area (Å²) in [5, 5.41) is 14.3. The molecule has 154 valence electrons. The van der Waals surface area contributed by atoms with E-state index >= 15 is 0 Å². The Hall–Kier alpha value is -3.55. The molecular weight excluding hydrogens is 380 g/mol. The van der Waals surface area contributed by atoms with Gasteiger partial charge in [0.25, 0.3) is 5.91 Å². The van der Waals surface area contributed by atoms with Crippen molar-refractivity contribution in [1.29, 1.82) is 0 Å². The zero-order valence-electron chi connectivity index (χ0n) is 16.9. The van der Waals surface area contributed by atoms with E-state index in [2.05, 4.69) is 20.8 Å². The van der Waals surface area contributed by atoms with Crippen molar-refractivity contribution < 1.29 is 9.59 Å². The van der Waals surface area contributed by atoms with E-state index in [0.717, 1.165) is 36.1 Å². The number of hydrogen-bond donors (Lipinski definition) is 1. The Bertz CT molecular complexity index is 1050. The predicted molar refractivity (Wildman–Crippen MR) is 112 cm³/mol. The topological polar surface area (TPSA) is 93.0 Å². The van der Waals surface area contributed by atoms with Gasteiger partial charge in [-0.2, -0.15) is 0 Å². The normalized spacial score (nSPS) is 13.6. The van der Waals surface area contributed by atoms with Crippen molar-refractivity contribution in [3.8, 4) is 16.8 Å². The minimum absolute atomic E-state index is 0.160. The third-order valence-electron chi connectivity index (χ3n) is 5.31. The molecule has 1 aliphatic heterocycles. The third kappa shape index (κ3) is 4.37. The van der Waals surface area contributed by atoms with Crippen LogP contribution in [0.3, 0.4) is 0 Å². The molecule has 3 aromatic rings. The summed E-state index contributed by atoms with van der Waals surface area (Å²) in [5.74, 6) is 0.0471. The first-order valence-corrected chi connectivity index (χ1v) is 10.1. The fourth-order valence-corrected chi connectivity index (χ4v) is 3.72. The Labute approximate surface area is 174 Å². The van der Waals surface area contributed by atoms with Gasteiger partial charge in [0.15, 0.2) is 0 Å². The van der Waals surface area contributed by atoms with E-state index in [-0.39, 0.29) is 11.8 Å². The van der Waals surface area contributed by atoms with Crippen molar-refractivity contribution in [2.24, 2.45) is 0 Å². The van der Waals surface area contributed by atoms with Crippen LogP contribution in [0.25, 0.3) is 16.8 Å². The van der Waals surface area contributed by atoms with Crippen LogP contribution in [0.1, 0.15) is 35.2 Å². The van der Waals surface area contributed by atoms with Gasteiger partial charge in [0.2, 0.25) is 5.91 Å². The molecule has 2 aromatic carbocycles. The smallest absolute Gasteiger partial charge is 0.251 e. The van der Waals surface area contributed by atoms with Crippen molar-refractivity contribution in [2.75, 3.05) is 19.6 Å². The molecule has 8 heteroatoms. The number of rotatable bonds is 7. The second-order valence-electron chi connectivity index (χ2n) is 7.43. The van der Waals surface area contributed by atoms with E-state index in [1.54, 1.807) is 6.07 Å². The molecule has 8 nitrogen and oxygen atoms in total. The number of aromatic nitrogens is 4. The Balaban J connectivity index is 1.52. The summed E-state index contributed by atoms with van der Waals surface area (Å²) in [6.07, 6.45) is 3.80. The molecule has 1 aliphatic rings. The van der Waals surface area contributed by atoms with Gasteiger partial charge in [0.1, 0.15) is 6.33 Å². The highest BCUT2D eigenvalue weighted by Gasteiger charge is 2.19. The lowest BCUT2D eigenvalue weighted by atomic mass is 9.98. The van der Waals surface area contributed by atoms with Gasteiger partial charge < -0.3 is 10.2 Å². The molecule has 0 saturated carbocycles. The summed E-state index contributed by atoms with van der Waals surface area (Å²) < 4.78 is 1.54. The van der Waals surface area contributed by atoms with E-state index in [1.165, 1.54) is 11.0 Å². The zero-order valence-corrected chi connectivity index (χ0v) is 16.9. The van der Waals surface area contributed by atoms with Crippen molar-refractivity contribution in [3.05, 3.63) is 59.9 Å². The molecule has 1 saturated heterocycles. The molecule has 1 fully saturated rings. The number of tetrazole rings is 1. The highest BCUT2D eigenvalue weighted by atomic mass is 16.2. The lowest BCUT2D eigenvalue weighted by molar-refractivity contribution is -0.127. The van der Waals surface area contributed by atoms with E-state index in [9.17, 15) is 9.59 Å². The van der Waals surface area contributed by atoms with Gasteiger partial charge in [-0.3, -0.25) is 9.59 Å². The molecule has 0 spiro atoms. The molecule has 0 unspecified atom stereocenters. The third-order valence-corrected chi connectivity index (χ3v) is 5.31. The molecule has 30 heavy (non-hydrogen) atoms. The van der Waals surface area contributed by atoms with Crippen LogP contribution in [0.15, 0.2) is 48.8 Å². The number of carbonyl (C=O) groups is 2. The number of benzene rings is 2. The second-order valence-corrected chi connectivity index (χ2v) is 7.43. The monoisotopic (exact) mass is 404 g/mol. The number of likely N-dealkylation sites (tertiary alicyclic amines) is 1. The fraction of sp³-hybridized carbons (Fsp3) is 0.318. The molecule has 2 heterocycles. The summed E-state index contributed by atoms with van der Waals surface area (Å²) in [7, 11) is 0. The molecule has 0 atom stereocenters. The average molecular weight is 404 g/mol. The van der Waals surface area contributed by atoms with Gasteiger partial charge in [0.05, 0.1) is 5.69 Å². The number of carbonyl (C=O) groups excluding carboxylic acids is 2. The lowest BCUT2D eigenvalue weighted by Crippen LogP contribution is -2.30. The van der Waals surface area contributed by atoms with E-state index < -0.39 is 0 Å². The van der Waals surface area contributed by atoms with Gasteiger partial charge in [-0.25, -0.2) is 4.68 Å². The Morgan fingerprint density at radius 2 is 2.07 bits per heavy atom. The van der Waals surface area contributed by atoms with Crippen LogP contribution >= 0.6 is 0 Å². The minimum Gasteiger partial charge on any atom is -0.352 e. The van der Waals surface area contributed by atoms with Crippen molar-refractivity contribution in [3.63, 3.8) is 0 Å². The van der Waals surface area contributed by atoms with Gasteiger partial charge in [0, 0.05) is 31.6 Å². The van der Waals surface area contributed by atoms with Crippen LogP contribution in [-0.2, 0) is 4.79 Å². The summed E-state index contributed by atoms with van der Waals surface area (Å²) in [6, 6.07) is 13.7. The highest BCUT2D eigenvalue weighted by Crippen LogP contribution is 2.26. The average Bonchev–Trinajstić information content (AvgIpc) is 3.43. The molecule has 4 rings (SSSR count). The van der Waals surface area contributed by atoms with Crippen LogP contribution in [0.2, 0.25) is 0 Å². The van der Waals surface area contributed by atoms with Gasteiger partial charge in [-0.1, -0.05) is 24.3 Å². The van der Waals surface area contributed by atoms with Crippen molar-refractivity contribution in [1.82, 2.24) is 30.4 Å². The number of hydrogen-bond acceptors (Lipinski definition) is 5. The molecule has 1 aromatic heterocycles. The SMILES string of the molecule is Cc1ccccc1-c1cc(C(=O)NCCCN2CCCC2=O)cc(-n2cnnn2)c1. The van der Waals surface area contributed by atoms with Crippen molar-refractivity contribution in [2.45, 2.75) is 26.2 Å². The molecule has 0 bridgehead atoms. The van der Waals surface area contributed by atoms with E-state index in [4.69, 9.17) is 0 Å². The number of nitrogens with one attached hydrogen (secondary N) is 1. The molecule has 2 amide bonds. The summed E-state index contributed by atoms with van der Waals surface area (Å²) >= 11 is 0. The summed E-state index contributed by atoms with van der Waals surface area (Å²) in [6.45, 7) is 4.05. The quantitative estimate of drug-likeness (QED) is 0.611. The van der Waals surface area contributed by atoms with Crippen LogP contribution in [-0.4, -0.2) is 56.6 Å². The fourth-order valence-electron chi connectivity index (χ4n) is 3.72. The highest BCUT2D eigenvalue weighted by molar-refractivity contribution is 5.96. The predicted octanol–water partition coefficient (Wildman–Crippen LogP) is 2.38. The second kappa shape index (κ2) is 8.86. The van der Waals surface area contributed by atoms with Crippen molar-refractivity contribution >= 4 is 11.8 Å². The lowest BCUT2D eigenvalue weighted by Gasteiger charge is -2.15. The maximum absolute atomic E-state index is 12.8. The Kier molecular flexibility index (Phi) is 5.83. The first-order valence-electron chi connectivity index (χ1n) is 10.1. The largest absolute Gasteiger partial charge is 0.352 e. The van der Waals surface area contributed by atoms with Crippen LogP contribution in [0.4, 0.5) is 0 Å². The van der Waals surface area contributed by atoms with Gasteiger partial charge in [-0.15, -0.1) is 5.10 Å². The summed E-state index contributed by atoms with van der Waals surface area (Å²) in [5.41, 5.74) is 4.35. The first kappa shape index (κ1) is 19.8. The number of amides is 2. The minimum atomic E-state index is -0.160. The number of nitrogens with zero attached hydrogens (tertiary/aromatic N) is 5.